The summed E-state index contributed by atoms with van der Waals surface area (Å²) in [7, 11) is 1.40. The van der Waals surface area contributed by atoms with E-state index in [0.29, 0.717) is 31.2 Å². The fourth-order valence-electron chi connectivity index (χ4n) is 7.95. The minimum absolute atomic E-state index is 0.000222. The van der Waals surface area contributed by atoms with E-state index in [1.807, 2.05) is 13.8 Å². The summed E-state index contributed by atoms with van der Waals surface area (Å²) in [6.45, 7) is 13.6. The van der Waals surface area contributed by atoms with Crippen molar-refractivity contribution in [1.82, 2.24) is 19.9 Å². The third kappa shape index (κ3) is 7.87. The lowest BCUT2D eigenvalue weighted by atomic mass is 9.81. The predicted octanol–water partition coefficient (Wildman–Crippen LogP) is 6.50. The molecule has 0 spiro atoms. The van der Waals surface area contributed by atoms with Crippen LogP contribution in [-0.2, 0) is 9.47 Å². The highest BCUT2D eigenvalue weighted by Crippen LogP contribution is 2.42. The number of aromatic nitrogens is 3. The van der Waals surface area contributed by atoms with Crippen LogP contribution in [0.1, 0.15) is 60.3 Å². The minimum Gasteiger partial charge on any atom is -0.508 e. The van der Waals surface area contributed by atoms with Gasteiger partial charge in [-0.25, -0.2) is 13.8 Å². The highest BCUT2D eigenvalue weighted by Gasteiger charge is 2.38. The average Bonchev–Trinajstić information content (AvgIpc) is 3.35. The molecule has 4 unspecified atom stereocenters. The standard InChI is InChI=1S/C37H45F2N5O6.C2H6/c1-21-13-24(14-22(2)50-21)44-10-6-9-37(3,19-44)20-49-36-41-33-30(34(42-36)43-11-12-48-18-26(46)17-43)35(47-4)40-32(31(33)39)27-16-25(45)15-23-7-5-8-28(38)29(23)27;1-2/h5,7-8,15-16,21-22,24,26,45-46H,6,9-14,17-20H2,1-4H3;1-2H3. The summed E-state index contributed by atoms with van der Waals surface area (Å²) in [6, 6.07) is 7.50. The molecule has 4 atom stereocenters. The lowest BCUT2D eigenvalue weighted by Gasteiger charge is -2.46. The van der Waals surface area contributed by atoms with Crippen molar-refractivity contribution in [2.45, 2.75) is 84.7 Å². The number of fused-ring (bicyclic) bond motifs is 2. The number of methoxy groups -OCH3 is 1. The Morgan fingerprint density at radius 2 is 1.81 bits per heavy atom. The third-order valence-corrected chi connectivity index (χ3v) is 10.2. The molecule has 13 heteroatoms. The smallest absolute Gasteiger partial charge is 0.319 e. The number of β-amino-alcohol motifs (C(OH)–C–C–N with tert-alkyl or cyclic N) is 1. The van der Waals surface area contributed by atoms with E-state index in [1.54, 1.807) is 11.0 Å². The van der Waals surface area contributed by atoms with Crippen LogP contribution in [0.3, 0.4) is 0 Å². The fourth-order valence-corrected chi connectivity index (χ4v) is 7.95. The Morgan fingerprint density at radius 1 is 1.04 bits per heavy atom. The van der Waals surface area contributed by atoms with E-state index in [-0.39, 0.29) is 81.8 Å². The van der Waals surface area contributed by atoms with Crippen molar-refractivity contribution in [3.05, 3.63) is 42.0 Å². The fraction of sp³-hybridized carbons (Fsp3) is 0.564. The molecule has 3 aliphatic rings. The van der Waals surface area contributed by atoms with Crippen LogP contribution in [0.25, 0.3) is 32.9 Å². The van der Waals surface area contributed by atoms with Gasteiger partial charge in [0, 0.05) is 42.0 Å². The second kappa shape index (κ2) is 16.0. The molecule has 0 saturated carbocycles. The number of aromatic hydroxyl groups is 1. The Balaban J connectivity index is 0.00000228. The zero-order valence-electron chi connectivity index (χ0n) is 31.0. The number of phenols is 1. The molecule has 282 valence electrons. The molecule has 5 heterocycles. The van der Waals surface area contributed by atoms with Gasteiger partial charge in [-0.3, -0.25) is 4.90 Å². The summed E-state index contributed by atoms with van der Waals surface area (Å²) < 4.78 is 55.9. The summed E-state index contributed by atoms with van der Waals surface area (Å²) in [5.41, 5.74) is -0.556. The number of aliphatic hydroxyl groups excluding tert-OH is 1. The number of hydrogen-bond donors (Lipinski definition) is 2. The maximum Gasteiger partial charge on any atom is 0.319 e. The van der Waals surface area contributed by atoms with E-state index in [4.69, 9.17) is 23.9 Å². The number of piperidine rings is 1. The molecular weight excluding hydrogens is 672 g/mol. The molecule has 0 bridgehead atoms. The van der Waals surface area contributed by atoms with Crippen LogP contribution < -0.4 is 14.4 Å². The van der Waals surface area contributed by atoms with Gasteiger partial charge in [0.25, 0.3) is 0 Å². The highest BCUT2D eigenvalue weighted by molar-refractivity contribution is 6.02. The number of ether oxygens (including phenoxy) is 4. The number of halogens is 2. The van der Waals surface area contributed by atoms with Gasteiger partial charge in [-0.05, 0) is 69.7 Å². The van der Waals surface area contributed by atoms with Gasteiger partial charge < -0.3 is 34.1 Å². The lowest BCUT2D eigenvalue weighted by Crippen LogP contribution is -2.52. The number of rotatable bonds is 7. The highest BCUT2D eigenvalue weighted by atomic mass is 19.1. The number of anilines is 1. The molecular formula is C39H51F2N5O6. The number of benzene rings is 2. The molecule has 11 nitrogen and oxygen atoms in total. The summed E-state index contributed by atoms with van der Waals surface area (Å²) in [4.78, 5) is 18.2. The van der Waals surface area contributed by atoms with E-state index < -0.39 is 17.7 Å². The number of hydrogen-bond acceptors (Lipinski definition) is 11. The Kier molecular flexibility index (Phi) is 11.6. The van der Waals surface area contributed by atoms with Crippen LogP contribution >= 0.6 is 0 Å². The summed E-state index contributed by atoms with van der Waals surface area (Å²) >= 11 is 0. The van der Waals surface area contributed by atoms with Gasteiger partial charge >= 0.3 is 6.01 Å². The monoisotopic (exact) mass is 723 g/mol. The van der Waals surface area contributed by atoms with Crippen LogP contribution in [0.15, 0.2) is 30.3 Å². The maximum absolute atomic E-state index is 17.0. The van der Waals surface area contributed by atoms with Crippen molar-refractivity contribution in [3.63, 3.8) is 0 Å². The first-order chi connectivity index (χ1) is 25.0. The Morgan fingerprint density at radius 3 is 2.56 bits per heavy atom. The van der Waals surface area contributed by atoms with Gasteiger partial charge in [0.05, 0.1) is 45.2 Å². The van der Waals surface area contributed by atoms with Crippen LogP contribution in [0.2, 0.25) is 0 Å². The zero-order chi connectivity index (χ0) is 37.2. The molecule has 4 aromatic rings. The van der Waals surface area contributed by atoms with Crippen molar-refractivity contribution in [1.29, 1.82) is 0 Å². The lowest BCUT2D eigenvalue weighted by molar-refractivity contribution is -0.0795. The number of likely N-dealkylation sites (tertiary alicyclic amines) is 1. The Hall–Kier alpha value is -3.91. The van der Waals surface area contributed by atoms with Gasteiger partial charge in [-0.2, -0.15) is 9.97 Å². The van der Waals surface area contributed by atoms with Crippen molar-refractivity contribution in [3.8, 4) is 28.9 Å². The number of phenolic OH excluding ortho intramolecular Hbond substituents is 1. The largest absolute Gasteiger partial charge is 0.508 e. The van der Waals surface area contributed by atoms with Crippen molar-refractivity contribution in [2.24, 2.45) is 5.41 Å². The average molecular weight is 724 g/mol. The van der Waals surface area contributed by atoms with E-state index >= 15 is 8.78 Å². The Labute approximate surface area is 303 Å². The minimum atomic E-state index is -0.853. The number of aliphatic hydroxyl groups is 1. The molecule has 3 fully saturated rings. The van der Waals surface area contributed by atoms with E-state index in [9.17, 15) is 10.2 Å². The van der Waals surface area contributed by atoms with Crippen molar-refractivity contribution >= 4 is 27.5 Å². The first-order valence-corrected chi connectivity index (χ1v) is 18.4. The molecule has 0 radical (unpaired) electrons. The number of nitrogens with zero attached hydrogens (tertiary/aromatic N) is 5. The quantitative estimate of drug-likeness (QED) is 0.217. The molecule has 2 aromatic heterocycles. The van der Waals surface area contributed by atoms with Gasteiger partial charge in [-0.15, -0.1) is 0 Å². The topological polar surface area (TPSA) is 123 Å². The Bertz CT molecular complexity index is 1870. The van der Waals surface area contributed by atoms with Crippen LogP contribution in [0, 0.1) is 17.0 Å². The molecule has 3 saturated heterocycles. The molecule has 2 aromatic carbocycles. The molecule has 7 rings (SSSR count). The van der Waals surface area contributed by atoms with E-state index in [1.165, 1.54) is 31.4 Å². The van der Waals surface area contributed by atoms with Gasteiger partial charge in [0.1, 0.15) is 34.0 Å². The first-order valence-electron chi connectivity index (χ1n) is 18.4. The van der Waals surface area contributed by atoms with E-state index in [2.05, 4.69) is 35.6 Å². The second-order valence-electron chi connectivity index (χ2n) is 14.4. The van der Waals surface area contributed by atoms with Crippen LogP contribution in [-0.4, -0.2) is 108 Å². The molecule has 2 N–H and O–H groups in total. The maximum atomic E-state index is 17.0. The molecule has 0 amide bonds. The summed E-state index contributed by atoms with van der Waals surface area (Å²) in [6.07, 6.45) is 3.53. The molecule has 0 aliphatic carbocycles. The second-order valence-corrected chi connectivity index (χ2v) is 14.4. The van der Waals surface area contributed by atoms with Gasteiger partial charge in [0.15, 0.2) is 5.82 Å². The third-order valence-electron chi connectivity index (χ3n) is 10.2. The van der Waals surface area contributed by atoms with Crippen molar-refractivity contribution in [2.75, 3.05) is 58.0 Å². The molecule has 52 heavy (non-hydrogen) atoms. The summed E-state index contributed by atoms with van der Waals surface area (Å²) in [5.74, 6) is -1.35. The predicted molar refractivity (Wildman–Crippen MR) is 196 cm³/mol. The SMILES string of the molecule is CC.COc1nc(-c2cc(O)cc3cccc(F)c23)c(F)c2nc(OCC3(C)CCCN(C4CC(C)OC(C)C4)C3)nc(N3CCOCC(O)C3)c12. The number of pyridine rings is 1. The first kappa shape index (κ1) is 37.8. The van der Waals surface area contributed by atoms with Crippen molar-refractivity contribution < 1.29 is 37.9 Å². The summed E-state index contributed by atoms with van der Waals surface area (Å²) in [5, 5.41) is 21.8. The van der Waals surface area contributed by atoms with E-state index in [0.717, 1.165) is 38.8 Å². The van der Waals surface area contributed by atoms with Gasteiger partial charge in [-0.1, -0.05) is 32.9 Å². The van der Waals surface area contributed by atoms with Gasteiger partial charge in [0.2, 0.25) is 5.88 Å². The normalized spacial score (nSPS) is 25.8. The molecule has 3 aliphatic heterocycles. The van der Waals surface area contributed by atoms with Crippen LogP contribution in [0.5, 0.6) is 17.6 Å². The van der Waals surface area contributed by atoms with Crippen LogP contribution in [0.4, 0.5) is 14.6 Å². The zero-order valence-corrected chi connectivity index (χ0v) is 31.0.